The molecule has 0 spiro atoms. The van der Waals surface area contributed by atoms with Crippen LogP contribution in [0.4, 0.5) is 0 Å². The van der Waals surface area contributed by atoms with E-state index in [0.717, 1.165) is 24.4 Å². The summed E-state index contributed by atoms with van der Waals surface area (Å²) in [5, 5.41) is 4.59. The Morgan fingerprint density at radius 1 is 0.724 bits per heavy atom. The van der Waals surface area contributed by atoms with Gasteiger partial charge in [0.15, 0.2) is 8.32 Å². The Labute approximate surface area is 347 Å². The largest absolute Gasteiger partial charge is 0.465 e. The third-order valence-electron chi connectivity index (χ3n) is 10.4. The molecule has 2 aliphatic rings. The number of unbranched alkanes of at least 4 members (excludes halogenated alkanes) is 1. The second-order valence-electron chi connectivity index (χ2n) is 15.9. The SMILES string of the molecule is C[Si](C)(CCCCC(=O)OCC1c2ccccc2C2C=CC=CC21)O[Si](C)(C)c1cccc(CC(=O)CCCOCCOCCOCCOCCOCCN=[N+]=[N-])c1. The zero-order valence-electron chi connectivity index (χ0n) is 35.1. The van der Waals surface area contributed by atoms with E-state index in [1.54, 1.807) is 0 Å². The number of Topliss-reactive ketones (excluding diaryl/α,β-unsaturated/α-hetero) is 1. The van der Waals surface area contributed by atoms with Gasteiger partial charge in [-0.1, -0.05) is 84.4 Å². The van der Waals surface area contributed by atoms with Crippen LogP contribution in [0.15, 0.2) is 77.9 Å². The molecule has 0 N–H and O–H groups in total. The standard InChI is InChI=1S/C44H65N3O9Si2/c1-57(2,32-10-9-20-44(49)55-35-43-41-18-7-5-16-39(41)40-17-6-8-19-42(40)43)56-58(3,4)38-15-11-13-36(34-38)33-37(48)14-12-22-50-24-26-52-28-30-54-31-29-53-27-25-51-23-21-46-47-45/h5-8,11,13,15-19,34,39,41,43H,9-10,12,14,20-33,35H2,1-4H3. The van der Waals surface area contributed by atoms with E-state index < -0.39 is 16.6 Å². The molecule has 2 aromatic rings. The van der Waals surface area contributed by atoms with Crippen molar-refractivity contribution < 1.29 is 42.1 Å². The second-order valence-corrected chi connectivity index (χ2v) is 24.3. The number of azide groups is 1. The Balaban J connectivity index is 1.02. The smallest absolute Gasteiger partial charge is 0.305 e. The van der Waals surface area contributed by atoms with Crippen molar-refractivity contribution in [2.24, 2.45) is 11.0 Å². The summed E-state index contributed by atoms with van der Waals surface area (Å²) in [7, 11) is -4.24. The number of hydrogen-bond acceptors (Lipinski definition) is 10. The molecule has 0 heterocycles. The molecule has 58 heavy (non-hydrogen) atoms. The summed E-state index contributed by atoms with van der Waals surface area (Å²) < 4.78 is 40.1. The minimum atomic E-state index is -2.23. The molecule has 3 atom stereocenters. The van der Waals surface area contributed by atoms with E-state index >= 15 is 0 Å². The fourth-order valence-electron chi connectivity index (χ4n) is 7.63. The molecule has 3 unspecified atom stereocenters. The third kappa shape index (κ3) is 17.0. The van der Waals surface area contributed by atoms with Crippen molar-refractivity contribution in [3.63, 3.8) is 0 Å². The number of benzene rings is 2. The Kier molecular flexibility index (Phi) is 21.1. The van der Waals surface area contributed by atoms with Gasteiger partial charge in [0.05, 0.1) is 66.1 Å². The van der Waals surface area contributed by atoms with E-state index in [-0.39, 0.29) is 17.7 Å². The normalized spacial score (nSPS) is 17.1. The first-order valence-electron chi connectivity index (χ1n) is 20.9. The van der Waals surface area contributed by atoms with Gasteiger partial charge in [0.25, 0.3) is 0 Å². The number of esters is 1. The Hall–Kier alpha value is -3.44. The van der Waals surface area contributed by atoms with Crippen LogP contribution in [0.5, 0.6) is 0 Å². The van der Waals surface area contributed by atoms with Crippen LogP contribution in [0.3, 0.4) is 0 Å². The highest BCUT2D eigenvalue weighted by Gasteiger charge is 2.39. The molecule has 0 saturated carbocycles. The first kappa shape index (κ1) is 47.2. The van der Waals surface area contributed by atoms with Crippen molar-refractivity contribution in [1.29, 1.82) is 0 Å². The van der Waals surface area contributed by atoms with Crippen molar-refractivity contribution in [2.75, 3.05) is 79.2 Å². The lowest BCUT2D eigenvalue weighted by Crippen LogP contribution is -2.52. The van der Waals surface area contributed by atoms with Crippen molar-refractivity contribution in [3.05, 3.63) is 100.0 Å². The number of fused-ring (bicyclic) bond motifs is 3. The van der Waals surface area contributed by atoms with Crippen molar-refractivity contribution in [1.82, 2.24) is 0 Å². The fraction of sp³-hybridized carbons (Fsp3) is 0.591. The highest BCUT2D eigenvalue weighted by atomic mass is 28.4. The van der Waals surface area contributed by atoms with Gasteiger partial charge in [-0.2, -0.15) is 0 Å². The quantitative estimate of drug-likeness (QED) is 0.0184. The van der Waals surface area contributed by atoms with Crippen LogP contribution < -0.4 is 5.19 Å². The van der Waals surface area contributed by atoms with Gasteiger partial charge < -0.3 is 32.5 Å². The summed E-state index contributed by atoms with van der Waals surface area (Å²) in [6.07, 6.45) is 12.5. The number of hydrogen-bond donors (Lipinski definition) is 0. The molecule has 0 radical (unpaired) electrons. The van der Waals surface area contributed by atoms with E-state index in [2.05, 4.69) is 96.9 Å². The third-order valence-corrected chi connectivity index (χ3v) is 17.9. The average molecular weight is 836 g/mol. The van der Waals surface area contributed by atoms with Gasteiger partial charge in [-0.15, -0.1) is 0 Å². The number of rotatable bonds is 31. The first-order chi connectivity index (χ1) is 28.1. The highest BCUT2D eigenvalue weighted by Crippen LogP contribution is 2.49. The maximum Gasteiger partial charge on any atom is 0.305 e. The highest BCUT2D eigenvalue weighted by molar-refractivity contribution is 6.92. The maximum atomic E-state index is 12.8. The van der Waals surface area contributed by atoms with Crippen LogP contribution in [-0.4, -0.2) is 108 Å². The van der Waals surface area contributed by atoms with Gasteiger partial charge in [0.1, 0.15) is 5.78 Å². The minimum absolute atomic E-state index is 0.117. The van der Waals surface area contributed by atoms with Crippen molar-refractivity contribution >= 4 is 33.6 Å². The summed E-state index contributed by atoms with van der Waals surface area (Å²) in [6, 6.07) is 17.9. The molecular weight excluding hydrogens is 771 g/mol. The van der Waals surface area contributed by atoms with E-state index in [1.807, 2.05) is 12.1 Å². The van der Waals surface area contributed by atoms with Gasteiger partial charge in [0, 0.05) is 49.2 Å². The number of carbonyl (C=O) groups excluding carboxylic acids is 2. The summed E-state index contributed by atoms with van der Waals surface area (Å²) in [4.78, 5) is 28.3. The van der Waals surface area contributed by atoms with E-state index in [9.17, 15) is 9.59 Å². The monoisotopic (exact) mass is 835 g/mol. The molecule has 4 rings (SSSR count). The summed E-state index contributed by atoms with van der Waals surface area (Å²) in [6.45, 7) is 14.4. The molecule has 0 aliphatic heterocycles. The number of ketones is 1. The van der Waals surface area contributed by atoms with Gasteiger partial charge in [-0.3, -0.25) is 9.59 Å². The lowest BCUT2D eigenvalue weighted by molar-refractivity contribution is -0.144. The van der Waals surface area contributed by atoms with Crippen LogP contribution >= 0.6 is 0 Å². The van der Waals surface area contributed by atoms with E-state index in [4.69, 9.17) is 38.1 Å². The number of nitrogens with zero attached hydrogens (tertiary/aromatic N) is 3. The Morgan fingerprint density at radius 2 is 1.36 bits per heavy atom. The molecule has 14 heteroatoms. The lowest BCUT2D eigenvalue weighted by atomic mass is 9.84. The van der Waals surface area contributed by atoms with Gasteiger partial charge >= 0.3 is 5.97 Å². The van der Waals surface area contributed by atoms with Gasteiger partial charge in [-0.25, -0.2) is 0 Å². The maximum absolute atomic E-state index is 12.8. The minimum Gasteiger partial charge on any atom is -0.465 e. The zero-order chi connectivity index (χ0) is 41.5. The predicted molar refractivity (Wildman–Crippen MR) is 231 cm³/mol. The molecule has 0 aromatic heterocycles. The summed E-state index contributed by atoms with van der Waals surface area (Å²) in [5.74, 6) is 0.987. The molecule has 2 aliphatic carbocycles. The zero-order valence-corrected chi connectivity index (χ0v) is 37.1. The first-order valence-corrected chi connectivity index (χ1v) is 26.9. The van der Waals surface area contributed by atoms with Crippen LogP contribution in [0, 0.1) is 5.92 Å². The molecule has 0 saturated heterocycles. The van der Waals surface area contributed by atoms with Crippen LogP contribution in [0.2, 0.25) is 32.2 Å². The van der Waals surface area contributed by atoms with E-state index in [1.165, 1.54) is 16.3 Å². The second kappa shape index (κ2) is 25.9. The summed E-state index contributed by atoms with van der Waals surface area (Å²) in [5.41, 5.74) is 11.9. The molecule has 0 fully saturated rings. The van der Waals surface area contributed by atoms with Crippen LogP contribution in [0.1, 0.15) is 60.6 Å². The van der Waals surface area contributed by atoms with Gasteiger partial charge in [-0.05, 0) is 78.4 Å². The van der Waals surface area contributed by atoms with Crippen molar-refractivity contribution in [2.45, 2.75) is 82.6 Å². The average Bonchev–Trinajstić information content (AvgIpc) is 3.52. The number of allylic oxidation sites excluding steroid dienone is 4. The number of carbonyl (C=O) groups is 2. The lowest BCUT2D eigenvalue weighted by Gasteiger charge is -2.34. The molecule has 0 bridgehead atoms. The molecule has 0 amide bonds. The molecule has 318 valence electrons. The van der Waals surface area contributed by atoms with E-state index in [0.29, 0.717) is 117 Å². The fourth-order valence-corrected chi connectivity index (χ4v) is 16.2. The topological polar surface area (TPSA) is 148 Å². The Morgan fingerprint density at radius 3 is 2.05 bits per heavy atom. The molecule has 12 nitrogen and oxygen atoms in total. The Bertz CT molecular complexity index is 1660. The predicted octanol–water partition coefficient (Wildman–Crippen LogP) is 7.94. The van der Waals surface area contributed by atoms with Crippen molar-refractivity contribution in [3.8, 4) is 0 Å². The van der Waals surface area contributed by atoms with Gasteiger partial charge in [0.2, 0.25) is 8.32 Å². The van der Waals surface area contributed by atoms with Crippen LogP contribution in [-0.2, 0) is 48.5 Å². The van der Waals surface area contributed by atoms with Crippen LogP contribution in [0.25, 0.3) is 10.4 Å². The summed E-state index contributed by atoms with van der Waals surface area (Å²) >= 11 is 0. The molecular formula is C44H65N3O9Si2. The number of ether oxygens (including phenoxy) is 6. The molecule has 2 aromatic carbocycles.